The summed E-state index contributed by atoms with van der Waals surface area (Å²) in [4.78, 5) is 17.7. The van der Waals surface area contributed by atoms with Crippen molar-refractivity contribution in [3.8, 4) is 67.5 Å². The van der Waals surface area contributed by atoms with Crippen LogP contribution >= 0.6 is 0 Å². The van der Waals surface area contributed by atoms with Crippen LogP contribution in [0, 0.1) is 0 Å². The first-order chi connectivity index (χ1) is 25.4. The zero-order valence-electron chi connectivity index (χ0n) is 27.8. The normalized spacial score (nSPS) is 12.6. The second-order valence-corrected chi connectivity index (χ2v) is 12.9. The van der Waals surface area contributed by atoms with Crippen molar-refractivity contribution in [2.45, 2.75) is 12.8 Å². The number of phenolic OH excluding ortho intramolecular Hbond substituents is 4. The highest BCUT2D eigenvalue weighted by Gasteiger charge is 2.24. The Kier molecular flexibility index (Phi) is 7.36. The summed E-state index contributed by atoms with van der Waals surface area (Å²) in [5, 5.41) is 44.7. The predicted molar refractivity (Wildman–Crippen MR) is 206 cm³/mol. The molecule has 0 amide bonds. The fraction of sp³-hybridized carbons (Fsp3) is 0.0455. The molecule has 3 aliphatic rings. The molecule has 0 radical (unpaired) electrons. The van der Waals surface area contributed by atoms with Crippen molar-refractivity contribution in [3.05, 3.63) is 143 Å². The summed E-state index contributed by atoms with van der Waals surface area (Å²) >= 11 is 0. The number of aryl methyl sites for hydroxylation is 2. The molecule has 8 nitrogen and oxygen atoms in total. The molecule has 0 spiro atoms. The molecule has 6 aromatic rings. The number of aromatic nitrogens is 4. The third kappa shape index (κ3) is 5.16. The average molecular weight is 681 g/mol. The van der Waals surface area contributed by atoms with Crippen molar-refractivity contribution in [3.63, 3.8) is 0 Å². The van der Waals surface area contributed by atoms with Crippen molar-refractivity contribution in [1.29, 1.82) is 0 Å². The average Bonchev–Trinajstić information content (AvgIpc) is 3.99. The standard InChI is InChI=1S/C44H32N4O4/c49-37-13-5-1-9-25(37)41-29-17-19-31(45-29)42(26-10-2-6-14-38(26)50)33-21-23-35(47-33)44(28-12-4-8-16-40(28)52)36-24-22-34(48-36)43(32-20-18-30(41)46-32)27-11-3-7-15-39(27)51/h1-21,23,45,48-52H,22,24H2. The number of fused-ring (bicyclic) bond motifs is 8. The third-order valence-electron chi connectivity index (χ3n) is 9.75. The molecule has 0 aliphatic carbocycles. The van der Waals surface area contributed by atoms with E-state index in [9.17, 15) is 20.4 Å². The van der Waals surface area contributed by atoms with E-state index in [0.29, 0.717) is 80.0 Å². The summed E-state index contributed by atoms with van der Waals surface area (Å²) in [7, 11) is 0. The predicted octanol–water partition coefficient (Wildman–Crippen LogP) is 9.65. The minimum atomic E-state index is 0.100. The molecule has 252 valence electrons. The maximum Gasteiger partial charge on any atom is 0.123 e. The molecule has 3 aliphatic heterocycles. The fourth-order valence-corrected chi connectivity index (χ4v) is 7.39. The van der Waals surface area contributed by atoms with Gasteiger partial charge in [0.15, 0.2) is 0 Å². The smallest absolute Gasteiger partial charge is 0.123 e. The zero-order valence-corrected chi connectivity index (χ0v) is 27.8. The molecule has 2 aromatic heterocycles. The van der Waals surface area contributed by atoms with Gasteiger partial charge in [-0.3, -0.25) is 0 Å². The van der Waals surface area contributed by atoms with Gasteiger partial charge >= 0.3 is 0 Å². The van der Waals surface area contributed by atoms with Crippen LogP contribution in [-0.4, -0.2) is 40.4 Å². The first-order valence-corrected chi connectivity index (χ1v) is 17.0. The van der Waals surface area contributed by atoms with Gasteiger partial charge in [0.1, 0.15) is 23.0 Å². The molecule has 0 saturated carbocycles. The van der Waals surface area contributed by atoms with Crippen LogP contribution in [0.1, 0.15) is 34.2 Å². The van der Waals surface area contributed by atoms with E-state index in [1.54, 1.807) is 48.5 Å². The highest BCUT2D eigenvalue weighted by atomic mass is 16.3. The lowest BCUT2D eigenvalue weighted by atomic mass is 9.98. The van der Waals surface area contributed by atoms with Crippen LogP contribution in [0.2, 0.25) is 0 Å². The summed E-state index contributed by atoms with van der Waals surface area (Å²) in [6.45, 7) is 0. The van der Waals surface area contributed by atoms with Crippen LogP contribution < -0.4 is 0 Å². The molecule has 0 atom stereocenters. The molecule has 0 saturated heterocycles. The Bertz CT molecular complexity index is 2520. The van der Waals surface area contributed by atoms with Gasteiger partial charge < -0.3 is 30.4 Å². The number of nitrogens with zero attached hydrogens (tertiary/aromatic N) is 2. The van der Waals surface area contributed by atoms with E-state index in [-0.39, 0.29) is 23.0 Å². The van der Waals surface area contributed by atoms with Gasteiger partial charge in [0, 0.05) is 66.9 Å². The van der Waals surface area contributed by atoms with Gasteiger partial charge in [0.25, 0.3) is 0 Å². The van der Waals surface area contributed by atoms with Gasteiger partial charge in [0.2, 0.25) is 0 Å². The van der Waals surface area contributed by atoms with E-state index >= 15 is 0 Å². The Labute approximate surface area is 298 Å². The topological polar surface area (TPSA) is 138 Å². The Hall–Kier alpha value is -7.06. The molecule has 0 fully saturated rings. The number of rotatable bonds is 4. The Morgan fingerprint density at radius 2 is 0.673 bits per heavy atom. The summed E-state index contributed by atoms with van der Waals surface area (Å²) in [5.41, 5.74) is 10.9. The first kappa shape index (κ1) is 31.0. The minimum Gasteiger partial charge on any atom is -0.507 e. The van der Waals surface area contributed by atoms with Crippen LogP contribution in [0.3, 0.4) is 0 Å². The van der Waals surface area contributed by atoms with Gasteiger partial charge in [-0.2, -0.15) is 0 Å². The van der Waals surface area contributed by atoms with Crippen LogP contribution in [0.4, 0.5) is 0 Å². The first-order valence-electron chi connectivity index (χ1n) is 17.0. The van der Waals surface area contributed by atoms with Crippen LogP contribution in [0.25, 0.3) is 79.8 Å². The summed E-state index contributed by atoms with van der Waals surface area (Å²) in [6, 6.07) is 32.6. The van der Waals surface area contributed by atoms with Gasteiger partial charge in [-0.05, 0) is 73.5 Å². The van der Waals surface area contributed by atoms with Crippen molar-refractivity contribution in [2.24, 2.45) is 0 Å². The van der Waals surface area contributed by atoms with E-state index in [1.165, 1.54) is 0 Å². The molecular formula is C44H32N4O4. The second kappa shape index (κ2) is 12.4. The van der Waals surface area contributed by atoms with Gasteiger partial charge in [-0.1, -0.05) is 72.8 Å². The quantitative estimate of drug-likeness (QED) is 0.109. The van der Waals surface area contributed by atoms with E-state index in [0.717, 1.165) is 22.5 Å². The SMILES string of the molecule is Oc1ccccc1-c1c2nc(c(-c3ccccc3O)c3ccc([nH]3)c(-c3ccccc3O)c3nc(c(-c4ccccc4O)c4[nH]c1CC4)C=C3)C=C2. The van der Waals surface area contributed by atoms with E-state index < -0.39 is 0 Å². The van der Waals surface area contributed by atoms with Crippen molar-refractivity contribution in [2.75, 3.05) is 0 Å². The molecule has 8 heteroatoms. The molecule has 9 rings (SSSR count). The molecular weight excluding hydrogens is 649 g/mol. The van der Waals surface area contributed by atoms with Crippen LogP contribution in [-0.2, 0) is 12.8 Å². The maximum atomic E-state index is 11.2. The number of hydrogen-bond acceptors (Lipinski definition) is 6. The highest BCUT2D eigenvalue weighted by molar-refractivity contribution is 5.98. The Morgan fingerprint density at radius 1 is 0.365 bits per heavy atom. The lowest BCUT2D eigenvalue weighted by Gasteiger charge is -2.10. The number of aromatic amines is 2. The summed E-state index contributed by atoms with van der Waals surface area (Å²) < 4.78 is 0. The molecule has 6 N–H and O–H groups in total. The van der Waals surface area contributed by atoms with Gasteiger partial charge in [-0.15, -0.1) is 0 Å². The summed E-state index contributed by atoms with van der Waals surface area (Å²) in [6.07, 6.45) is 8.93. The molecule has 0 unspecified atom stereocenters. The second-order valence-electron chi connectivity index (χ2n) is 12.9. The minimum absolute atomic E-state index is 0.100. The number of H-pyrrole nitrogens is 2. The molecule has 4 aromatic carbocycles. The molecule has 5 heterocycles. The number of aromatic hydroxyl groups is 4. The number of benzene rings is 4. The third-order valence-corrected chi connectivity index (χ3v) is 9.75. The molecule has 8 bridgehead atoms. The van der Waals surface area contributed by atoms with Crippen LogP contribution in [0.15, 0.2) is 109 Å². The van der Waals surface area contributed by atoms with E-state index in [2.05, 4.69) is 9.97 Å². The van der Waals surface area contributed by atoms with E-state index in [4.69, 9.17) is 9.97 Å². The molecule has 52 heavy (non-hydrogen) atoms. The van der Waals surface area contributed by atoms with Gasteiger partial charge in [0.05, 0.1) is 22.8 Å². The monoisotopic (exact) mass is 680 g/mol. The van der Waals surface area contributed by atoms with E-state index in [1.807, 2.05) is 85.0 Å². The zero-order chi connectivity index (χ0) is 35.3. The van der Waals surface area contributed by atoms with Crippen molar-refractivity contribution in [1.82, 2.24) is 19.9 Å². The Balaban J connectivity index is 1.50. The largest absolute Gasteiger partial charge is 0.507 e. The fourth-order valence-electron chi connectivity index (χ4n) is 7.39. The summed E-state index contributed by atoms with van der Waals surface area (Å²) in [5.74, 6) is 0.446. The maximum absolute atomic E-state index is 11.2. The van der Waals surface area contributed by atoms with Gasteiger partial charge in [-0.25, -0.2) is 9.97 Å². The number of hydrogen-bond donors (Lipinski definition) is 6. The van der Waals surface area contributed by atoms with Crippen LogP contribution in [0.5, 0.6) is 23.0 Å². The highest BCUT2D eigenvalue weighted by Crippen LogP contribution is 2.43. The lowest BCUT2D eigenvalue weighted by Crippen LogP contribution is -1.93. The Morgan fingerprint density at radius 3 is 1.02 bits per heavy atom. The van der Waals surface area contributed by atoms with Crippen molar-refractivity contribution >= 4 is 35.3 Å². The number of para-hydroxylation sites is 4. The lowest BCUT2D eigenvalue weighted by molar-refractivity contribution is 0.476. The number of nitrogens with one attached hydrogen (secondary N) is 2. The number of phenols is 4. The van der Waals surface area contributed by atoms with Crippen molar-refractivity contribution < 1.29 is 20.4 Å².